The highest BCUT2D eigenvalue weighted by atomic mass is 35.5. The summed E-state index contributed by atoms with van der Waals surface area (Å²) in [6.07, 6.45) is 1.14. The van der Waals surface area contributed by atoms with Crippen molar-refractivity contribution in [1.82, 2.24) is 20.2 Å². The van der Waals surface area contributed by atoms with Crippen LogP contribution in [0, 0.1) is 0 Å². The van der Waals surface area contributed by atoms with E-state index in [1.165, 1.54) is 5.75 Å². The highest BCUT2D eigenvalue weighted by Crippen LogP contribution is 2.35. The number of aromatic nitrogens is 4. The second-order valence-electron chi connectivity index (χ2n) is 3.11. The maximum atomic E-state index is 5.73. The summed E-state index contributed by atoms with van der Waals surface area (Å²) < 4.78 is 1.87. The molecule has 0 amide bonds. The molecule has 1 saturated heterocycles. The monoisotopic (exact) mass is 218 g/mol. The Morgan fingerprint density at radius 2 is 2.54 bits per heavy atom. The van der Waals surface area contributed by atoms with E-state index in [0.717, 1.165) is 12.2 Å². The lowest BCUT2D eigenvalue weighted by atomic mass is 10.2. The molecule has 2 unspecified atom stereocenters. The molecule has 1 aromatic rings. The number of hydrogen-bond acceptors (Lipinski definition) is 4. The average Bonchev–Trinajstić information content (AvgIpc) is 2.71. The van der Waals surface area contributed by atoms with Gasteiger partial charge in [-0.3, -0.25) is 0 Å². The van der Waals surface area contributed by atoms with Crippen molar-refractivity contribution < 1.29 is 0 Å². The Balaban J connectivity index is 2.23. The van der Waals surface area contributed by atoms with Crippen molar-refractivity contribution in [3.8, 4) is 0 Å². The summed E-state index contributed by atoms with van der Waals surface area (Å²) in [7, 11) is 0. The molecule has 4 nitrogen and oxygen atoms in total. The van der Waals surface area contributed by atoms with E-state index < -0.39 is 0 Å². The van der Waals surface area contributed by atoms with Crippen molar-refractivity contribution in [3.05, 3.63) is 5.82 Å². The first-order valence-electron chi connectivity index (χ1n) is 4.27. The molecule has 1 aliphatic rings. The quantitative estimate of drug-likeness (QED) is 0.706. The molecule has 0 aliphatic carbocycles. The summed E-state index contributed by atoms with van der Waals surface area (Å²) in [6, 6.07) is 0.425. The smallest absolute Gasteiger partial charge is 0.166 e. The van der Waals surface area contributed by atoms with Crippen LogP contribution in [-0.2, 0) is 5.88 Å². The molecule has 1 aliphatic heterocycles. The van der Waals surface area contributed by atoms with Crippen molar-refractivity contribution in [2.45, 2.75) is 30.5 Å². The van der Waals surface area contributed by atoms with Crippen LogP contribution in [0.4, 0.5) is 0 Å². The first kappa shape index (κ1) is 9.27. The van der Waals surface area contributed by atoms with Gasteiger partial charge in [0.25, 0.3) is 0 Å². The maximum absolute atomic E-state index is 5.73. The van der Waals surface area contributed by atoms with Crippen LogP contribution in [0.15, 0.2) is 0 Å². The first-order chi connectivity index (χ1) is 6.33. The molecule has 1 aromatic heterocycles. The van der Waals surface area contributed by atoms with Gasteiger partial charge in [-0.1, -0.05) is 6.92 Å². The zero-order valence-corrected chi connectivity index (χ0v) is 8.92. The Labute approximate surface area is 86.0 Å². The fourth-order valence-electron chi connectivity index (χ4n) is 1.60. The summed E-state index contributed by atoms with van der Waals surface area (Å²) in [5, 5.41) is 12.1. The van der Waals surface area contributed by atoms with Crippen LogP contribution in [0.1, 0.15) is 25.2 Å². The summed E-state index contributed by atoms with van der Waals surface area (Å²) in [4.78, 5) is 0. The van der Waals surface area contributed by atoms with Crippen LogP contribution in [0.5, 0.6) is 0 Å². The fourth-order valence-corrected chi connectivity index (χ4v) is 3.00. The van der Waals surface area contributed by atoms with E-state index in [2.05, 4.69) is 22.4 Å². The van der Waals surface area contributed by atoms with E-state index >= 15 is 0 Å². The summed E-state index contributed by atoms with van der Waals surface area (Å²) in [5.41, 5.74) is 0. The lowest BCUT2D eigenvalue weighted by molar-refractivity contribution is 0.434. The highest BCUT2D eigenvalue weighted by molar-refractivity contribution is 8.00. The van der Waals surface area contributed by atoms with Crippen molar-refractivity contribution in [3.63, 3.8) is 0 Å². The number of nitrogens with zero attached hydrogens (tertiary/aromatic N) is 4. The predicted molar refractivity (Wildman–Crippen MR) is 52.9 cm³/mol. The SMILES string of the molecule is CC1SCCC1n1nnnc1CCl. The van der Waals surface area contributed by atoms with Gasteiger partial charge in [-0.2, -0.15) is 11.8 Å². The number of alkyl halides is 1. The summed E-state index contributed by atoms with van der Waals surface area (Å²) >= 11 is 7.69. The van der Waals surface area contributed by atoms with Crippen molar-refractivity contribution >= 4 is 23.4 Å². The number of rotatable bonds is 2. The number of thioether (sulfide) groups is 1. The number of hydrogen-bond donors (Lipinski definition) is 0. The molecule has 72 valence electrons. The lowest BCUT2D eigenvalue weighted by Gasteiger charge is -2.14. The van der Waals surface area contributed by atoms with Crippen LogP contribution in [0.3, 0.4) is 0 Å². The number of tetrazole rings is 1. The molecule has 2 atom stereocenters. The molecule has 2 heterocycles. The third-order valence-electron chi connectivity index (χ3n) is 2.33. The van der Waals surface area contributed by atoms with E-state index in [0.29, 0.717) is 17.2 Å². The third-order valence-corrected chi connectivity index (χ3v) is 3.88. The van der Waals surface area contributed by atoms with Gasteiger partial charge < -0.3 is 0 Å². The third kappa shape index (κ3) is 1.67. The Kier molecular flexibility index (Phi) is 2.74. The Hall–Kier alpha value is -0.290. The minimum Gasteiger partial charge on any atom is -0.224 e. The van der Waals surface area contributed by atoms with E-state index in [4.69, 9.17) is 11.6 Å². The van der Waals surface area contributed by atoms with Gasteiger partial charge in [0.15, 0.2) is 5.82 Å². The van der Waals surface area contributed by atoms with Crippen LogP contribution >= 0.6 is 23.4 Å². The van der Waals surface area contributed by atoms with E-state index in [1.54, 1.807) is 0 Å². The highest BCUT2D eigenvalue weighted by Gasteiger charge is 2.28. The van der Waals surface area contributed by atoms with Gasteiger partial charge >= 0.3 is 0 Å². The Bertz CT molecular complexity index is 290. The Morgan fingerprint density at radius 3 is 3.15 bits per heavy atom. The van der Waals surface area contributed by atoms with Crippen molar-refractivity contribution in [2.75, 3.05) is 5.75 Å². The molecule has 6 heteroatoms. The van der Waals surface area contributed by atoms with Gasteiger partial charge in [-0.25, -0.2) is 4.68 Å². The minimum absolute atomic E-state index is 0.390. The number of halogens is 1. The molecular formula is C7H11ClN4S. The second-order valence-corrected chi connectivity index (χ2v) is 4.86. The molecule has 0 aromatic carbocycles. The molecular weight excluding hydrogens is 208 g/mol. The largest absolute Gasteiger partial charge is 0.224 e. The Morgan fingerprint density at radius 1 is 1.69 bits per heavy atom. The van der Waals surface area contributed by atoms with E-state index in [9.17, 15) is 0 Å². The molecule has 0 bridgehead atoms. The van der Waals surface area contributed by atoms with E-state index in [-0.39, 0.29) is 0 Å². The van der Waals surface area contributed by atoms with Gasteiger partial charge in [0.05, 0.1) is 11.9 Å². The van der Waals surface area contributed by atoms with Crippen LogP contribution in [-0.4, -0.2) is 31.2 Å². The molecule has 0 radical (unpaired) electrons. The van der Waals surface area contributed by atoms with Crippen LogP contribution in [0.2, 0.25) is 0 Å². The molecule has 0 N–H and O–H groups in total. The van der Waals surface area contributed by atoms with Gasteiger partial charge in [0, 0.05) is 5.25 Å². The predicted octanol–water partition coefficient (Wildman–Crippen LogP) is 1.48. The lowest BCUT2D eigenvalue weighted by Crippen LogP contribution is -2.18. The van der Waals surface area contributed by atoms with E-state index in [1.807, 2.05) is 16.4 Å². The van der Waals surface area contributed by atoms with Gasteiger partial charge in [0.2, 0.25) is 0 Å². The molecule has 0 saturated carbocycles. The van der Waals surface area contributed by atoms with Gasteiger partial charge in [-0.05, 0) is 22.6 Å². The topological polar surface area (TPSA) is 43.6 Å². The molecule has 2 rings (SSSR count). The molecule has 0 spiro atoms. The zero-order valence-electron chi connectivity index (χ0n) is 7.35. The summed E-state index contributed by atoms with van der Waals surface area (Å²) in [5.74, 6) is 2.36. The van der Waals surface area contributed by atoms with Crippen molar-refractivity contribution in [1.29, 1.82) is 0 Å². The normalized spacial score (nSPS) is 28.2. The molecule has 13 heavy (non-hydrogen) atoms. The zero-order chi connectivity index (χ0) is 9.26. The fraction of sp³-hybridized carbons (Fsp3) is 0.857. The maximum Gasteiger partial charge on any atom is 0.166 e. The van der Waals surface area contributed by atoms with Crippen LogP contribution < -0.4 is 0 Å². The molecule has 1 fully saturated rings. The minimum atomic E-state index is 0.390. The standard InChI is InChI=1S/C7H11ClN4S/c1-5-6(2-3-13-5)12-7(4-8)9-10-11-12/h5-6H,2-4H2,1H3. The summed E-state index contributed by atoms with van der Waals surface area (Å²) in [6.45, 7) is 2.21. The first-order valence-corrected chi connectivity index (χ1v) is 5.85. The van der Waals surface area contributed by atoms with Gasteiger partial charge in [-0.15, -0.1) is 16.7 Å². The van der Waals surface area contributed by atoms with Gasteiger partial charge in [0.1, 0.15) is 0 Å². The van der Waals surface area contributed by atoms with Crippen molar-refractivity contribution in [2.24, 2.45) is 0 Å². The average molecular weight is 219 g/mol. The van der Waals surface area contributed by atoms with Crippen LogP contribution in [0.25, 0.3) is 0 Å². The second kappa shape index (κ2) is 3.84.